The van der Waals surface area contributed by atoms with Crippen LogP contribution in [0.2, 0.25) is 0 Å². The number of urea groups is 1. The summed E-state index contributed by atoms with van der Waals surface area (Å²) in [6, 6.07) is 1.09. The predicted molar refractivity (Wildman–Crippen MR) is 98.4 cm³/mol. The van der Waals surface area contributed by atoms with Crippen molar-refractivity contribution in [3.05, 3.63) is 18.0 Å². The fourth-order valence-corrected chi connectivity index (χ4v) is 4.14. The van der Waals surface area contributed by atoms with Gasteiger partial charge >= 0.3 is 6.03 Å². The van der Waals surface area contributed by atoms with Gasteiger partial charge in [0.05, 0.1) is 12.2 Å². The quantitative estimate of drug-likeness (QED) is 0.814. The van der Waals surface area contributed by atoms with Crippen LogP contribution in [-0.4, -0.2) is 71.4 Å². The van der Waals surface area contributed by atoms with E-state index in [1.165, 1.54) is 25.7 Å². The molecule has 1 aliphatic carbocycles. The molecule has 0 radical (unpaired) electrons. The van der Waals surface area contributed by atoms with E-state index in [0.717, 1.165) is 31.1 Å². The van der Waals surface area contributed by atoms with Crippen LogP contribution in [0, 0.1) is 0 Å². The number of nitrogens with zero attached hydrogens (tertiary/aromatic N) is 4. The van der Waals surface area contributed by atoms with Crippen LogP contribution in [-0.2, 0) is 7.05 Å². The molecule has 140 valence electrons. The number of rotatable bonds is 6. The predicted octanol–water partition coefficient (Wildman–Crippen LogP) is 1.34. The highest BCUT2D eigenvalue weighted by atomic mass is 16.2. The number of hydrogen-bond donors (Lipinski definition) is 2. The number of aryl methyl sites for hydroxylation is 1. The second-order valence-electron chi connectivity index (χ2n) is 7.70. The molecule has 0 aromatic carbocycles. The molecule has 1 saturated heterocycles. The van der Waals surface area contributed by atoms with Gasteiger partial charge in [0.15, 0.2) is 0 Å². The zero-order chi connectivity index (χ0) is 17.8. The molecule has 2 atom stereocenters. The highest BCUT2D eigenvalue weighted by molar-refractivity contribution is 5.74. The minimum atomic E-state index is -0.0611. The van der Waals surface area contributed by atoms with Gasteiger partial charge < -0.3 is 15.5 Å². The Morgan fingerprint density at radius 2 is 2.12 bits per heavy atom. The van der Waals surface area contributed by atoms with E-state index < -0.39 is 0 Å². The summed E-state index contributed by atoms with van der Waals surface area (Å²) in [5.74, 6) is 0. The number of carbonyl (C=O) groups excluding carboxylic acids is 1. The summed E-state index contributed by atoms with van der Waals surface area (Å²) in [4.78, 5) is 17.0. The molecular weight excluding hydrogens is 316 g/mol. The summed E-state index contributed by atoms with van der Waals surface area (Å²) in [5, 5.41) is 10.4. The average molecular weight is 348 g/mol. The van der Waals surface area contributed by atoms with Crippen LogP contribution in [0.15, 0.2) is 12.4 Å². The molecule has 2 N–H and O–H groups in total. The molecule has 7 heteroatoms. The van der Waals surface area contributed by atoms with E-state index >= 15 is 0 Å². The van der Waals surface area contributed by atoms with Crippen LogP contribution in [0.5, 0.6) is 0 Å². The molecule has 1 aromatic heterocycles. The molecule has 3 rings (SSSR count). The lowest BCUT2D eigenvalue weighted by molar-refractivity contribution is 0.223. The Morgan fingerprint density at radius 1 is 1.36 bits per heavy atom. The van der Waals surface area contributed by atoms with E-state index in [0.29, 0.717) is 6.54 Å². The maximum Gasteiger partial charge on any atom is 0.315 e. The normalized spacial score (nSPS) is 23.3. The van der Waals surface area contributed by atoms with Gasteiger partial charge in [0.1, 0.15) is 0 Å². The van der Waals surface area contributed by atoms with Gasteiger partial charge in [-0.2, -0.15) is 5.10 Å². The first-order valence-corrected chi connectivity index (χ1v) is 9.46. The fourth-order valence-electron chi connectivity index (χ4n) is 4.14. The molecule has 1 aliphatic heterocycles. The van der Waals surface area contributed by atoms with Gasteiger partial charge in [-0.1, -0.05) is 12.8 Å². The van der Waals surface area contributed by atoms with E-state index in [9.17, 15) is 4.79 Å². The molecule has 1 saturated carbocycles. The number of hydrogen-bond acceptors (Lipinski definition) is 4. The Bertz CT molecular complexity index is 566. The minimum absolute atomic E-state index is 0.0611. The topological polar surface area (TPSA) is 65.4 Å². The number of carbonyl (C=O) groups is 1. The number of likely N-dealkylation sites (N-methyl/N-ethyl adjacent to an activating group) is 1. The lowest BCUT2D eigenvalue weighted by Gasteiger charge is -2.25. The Balaban J connectivity index is 1.44. The summed E-state index contributed by atoms with van der Waals surface area (Å²) in [5.41, 5.74) is 1.11. The Morgan fingerprint density at radius 3 is 2.76 bits per heavy atom. The van der Waals surface area contributed by atoms with Crippen LogP contribution in [0.3, 0.4) is 0 Å². The van der Waals surface area contributed by atoms with Crippen LogP contribution in [0.25, 0.3) is 0 Å². The number of likely N-dealkylation sites (tertiary alicyclic amines) is 1. The van der Waals surface area contributed by atoms with Gasteiger partial charge in [-0.25, -0.2) is 4.79 Å². The molecule has 7 nitrogen and oxygen atoms in total. The monoisotopic (exact) mass is 348 g/mol. The molecule has 2 heterocycles. The third-order valence-electron chi connectivity index (χ3n) is 5.58. The van der Waals surface area contributed by atoms with Crippen molar-refractivity contribution < 1.29 is 4.79 Å². The largest absolute Gasteiger partial charge is 0.336 e. The Labute approximate surface area is 150 Å². The first-order chi connectivity index (χ1) is 12.0. The van der Waals surface area contributed by atoms with Gasteiger partial charge in [-0.3, -0.25) is 9.58 Å². The van der Waals surface area contributed by atoms with Crippen molar-refractivity contribution in [2.75, 3.05) is 33.7 Å². The molecule has 0 spiro atoms. The molecule has 2 aliphatic rings. The van der Waals surface area contributed by atoms with Crippen molar-refractivity contribution in [3.63, 3.8) is 0 Å². The zero-order valence-electron chi connectivity index (χ0n) is 15.7. The lowest BCUT2D eigenvalue weighted by Crippen LogP contribution is -2.46. The highest BCUT2D eigenvalue weighted by Gasteiger charge is 2.30. The van der Waals surface area contributed by atoms with Gasteiger partial charge in [0.25, 0.3) is 0 Å². The summed E-state index contributed by atoms with van der Waals surface area (Å²) < 4.78 is 1.79. The number of aromatic nitrogens is 2. The smallest absolute Gasteiger partial charge is 0.315 e. The molecule has 2 amide bonds. The third-order valence-corrected chi connectivity index (χ3v) is 5.58. The van der Waals surface area contributed by atoms with Crippen molar-refractivity contribution in [1.29, 1.82) is 0 Å². The van der Waals surface area contributed by atoms with E-state index in [-0.39, 0.29) is 18.1 Å². The van der Waals surface area contributed by atoms with Crippen LogP contribution >= 0.6 is 0 Å². The van der Waals surface area contributed by atoms with E-state index in [2.05, 4.69) is 25.5 Å². The second kappa shape index (κ2) is 8.19. The maximum absolute atomic E-state index is 12.3. The Hall–Kier alpha value is -1.60. The van der Waals surface area contributed by atoms with Gasteiger partial charge in [0, 0.05) is 50.5 Å². The molecule has 2 fully saturated rings. The van der Waals surface area contributed by atoms with Crippen LogP contribution in [0.1, 0.15) is 43.7 Å². The second-order valence-corrected chi connectivity index (χ2v) is 7.70. The number of nitrogens with one attached hydrogen (secondary N) is 2. The Kier molecular flexibility index (Phi) is 5.96. The van der Waals surface area contributed by atoms with Crippen molar-refractivity contribution in [1.82, 2.24) is 30.2 Å². The molecule has 0 bridgehead atoms. The first-order valence-electron chi connectivity index (χ1n) is 9.46. The van der Waals surface area contributed by atoms with E-state index in [1.807, 2.05) is 33.5 Å². The van der Waals surface area contributed by atoms with Gasteiger partial charge in [-0.05, 0) is 33.4 Å². The maximum atomic E-state index is 12.3. The lowest BCUT2D eigenvalue weighted by atomic mass is 10.1. The molecule has 0 unspecified atom stereocenters. The third kappa shape index (κ3) is 4.73. The summed E-state index contributed by atoms with van der Waals surface area (Å²) in [7, 11) is 5.95. The van der Waals surface area contributed by atoms with Crippen molar-refractivity contribution in [3.8, 4) is 0 Å². The van der Waals surface area contributed by atoms with Crippen molar-refractivity contribution in [2.24, 2.45) is 7.05 Å². The summed E-state index contributed by atoms with van der Waals surface area (Å²) in [6.07, 6.45) is 10.3. The van der Waals surface area contributed by atoms with Crippen LogP contribution < -0.4 is 10.6 Å². The van der Waals surface area contributed by atoms with Gasteiger partial charge in [0.2, 0.25) is 0 Å². The zero-order valence-corrected chi connectivity index (χ0v) is 15.7. The minimum Gasteiger partial charge on any atom is -0.336 e. The molecule has 1 aromatic rings. The highest BCUT2D eigenvalue weighted by Crippen LogP contribution is 2.26. The van der Waals surface area contributed by atoms with Crippen LogP contribution in [0.4, 0.5) is 4.79 Å². The SMILES string of the molecule is CN(C)[C@H](CNC(=O)N[C@@H]1CCN(C2CCCC2)C1)c1cnn(C)c1. The van der Waals surface area contributed by atoms with Crippen molar-refractivity contribution >= 4 is 6.03 Å². The van der Waals surface area contributed by atoms with E-state index in [4.69, 9.17) is 0 Å². The summed E-state index contributed by atoms with van der Waals surface area (Å²) in [6.45, 7) is 2.69. The first kappa shape index (κ1) is 18.2. The summed E-state index contributed by atoms with van der Waals surface area (Å²) >= 11 is 0. The van der Waals surface area contributed by atoms with Crippen molar-refractivity contribution in [2.45, 2.75) is 50.2 Å². The molecular formula is C18H32N6O. The average Bonchev–Trinajstić information content (AvgIpc) is 3.28. The molecule has 25 heavy (non-hydrogen) atoms. The fraction of sp³-hybridized carbons (Fsp3) is 0.778. The number of amides is 2. The van der Waals surface area contributed by atoms with E-state index in [1.54, 1.807) is 4.68 Å². The standard InChI is InChI=1S/C18H32N6O/c1-22(2)17(14-10-20-23(3)12-14)11-19-18(25)21-15-8-9-24(13-15)16-6-4-5-7-16/h10,12,15-17H,4-9,11,13H2,1-3H3,(H2,19,21,25)/t15-,17-/m1/s1. The van der Waals surface area contributed by atoms with Gasteiger partial charge in [-0.15, -0.1) is 0 Å².